The summed E-state index contributed by atoms with van der Waals surface area (Å²) in [7, 11) is 0. The molecule has 1 rings (SSSR count). The van der Waals surface area contributed by atoms with Crippen molar-refractivity contribution in [2.75, 3.05) is 25.1 Å². The van der Waals surface area contributed by atoms with Gasteiger partial charge >= 0.3 is 0 Å². The van der Waals surface area contributed by atoms with E-state index in [2.05, 4.69) is 28.2 Å². The van der Waals surface area contributed by atoms with E-state index in [-0.39, 0.29) is 0 Å². The number of halogens is 2. The highest BCUT2D eigenvalue weighted by Crippen LogP contribution is 2.28. The number of nitrogens with one attached hydrogen (secondary N) is 1. The number of hydrogen-bond acceptors (Lipinski definition) is 2. The van der Waals surface area contributed by atoms with E-state index in [1.54, 1.807) is 0 Å². The Morgan fingerprint density at radius 3 is 2.81 bits per heavy atom. The number of aryl methyl sites for hydroxylation is 1. The minimum absolute atomic E-state index is 0.714. The molecule has 0 bridgehead atoms. The molecule has 0 saturated carbocycles. The van der Waals surface area contributed by atoms with Gasteiger partial charge in [0.05, 0.1) is 12.3 Å². The molecule has 0 radical (unpaired) electrons. The molecule has 4 heteroatoms. The van der Waals surface area contributed by atoms with Gasteiger partial charge in [0.25, 0.3) is 0 Å². The summed E-state index contributed by atoms with van der Waals surface area (Å²) in [5, 5.41) is 4.06. The first-order valence-corrected chi connectivity index (χ1v) is 6.59. The summed E-state index contributed by atoms with van der Waals surface area (Å²) < 4.78 is 6.42. The maximum Gasteiger partial charge on any atom is 0.0639 e. The summed E-state index contributed by atoms with van der Waals surface area (Å²) >= 11 is 9.56. The fraction of sp³-hybridized carbons (Fsp3) is 0.500. The molecular weight excluding hydrogens is 289 g/mol. The van der Waals surface area contributed by atoms with Crippen LogP contribution in [0.5, 0.6) is 0 Å². The van der Waals surface area contributed by atoms with Crippen LogP contribution in [-0.4, -0.2) is 19.8 Å². The second-order valence-corrected chi connectivity index (χ2v) is 4.88. The SMILES string of the molecule is CCCOCCNc1cc(Cl)c(C)cc1Br. The van der Waals surface area contributed by atoms with Gasteiger partial charge in [-0.2, -0.15) is 0 Å². The van der Waals surface area contributed by atoms with Crippen LogP contribution in [0, 0.1) is 6.92 Å². The largest absolute Gasteiger partial charge is 0.382 e. The van der Waals surface area contributed by atoms with E-state index in [0.717, 1.165) is 40.3 Å². The van der Waals surface area contributed by atoms with Crippen molar-refractivity contribution >= 4 is 33.2 Å². The summed E-state index contributed by atoms with van der Waals surface area (Å²) in [6, 6.07) is 3.94. The number of rotatable bonds is 6. The van der Waals surface area contributed by atoms with Crippen LogP contribution >= 0.6 is 27.5 Å². The van der Waals surface area contributed by atoms with Crippen molar-refractivity contribution in [1.82, 2.24) is 0 Å². The van der Waals surface area contributed by atoms with E-state index >= 15 is 0 Å². The van der Waals surface area contributed by atoms with E-state index in [0.29, 0.717) is 6.61 Å². The smallest absolute Gasteiger partial charge is 0.0639 e. The van der Waals surface area contributed by atoms with Gasteiger partial charge in [-0.15, -0.1) is 0 Å². The minimum atomic E-state index is 0.714. The molecule has 1 aromatic carbocycles. The van der Waals surface area contributed by atoms with Crippen LogP contribution in [0.1, 0.15) is 18.9 Å². The Hall–Kier alpha value is -0.250. The second kappa shape index (κ2) is 7.15. The molecule has 0 aromatic heterocycles. The van der Waals surface area contributed by atoms with Crippen LogP contribution in [-0.2, 0) is 4.74 Å². The molecule has 0 fully saturated rings. The average molecular weight is 307 g/mol. The number of benzene rings is 1. The molecule has 0 atom stereocenters. The van der Waals surface area contributed by atoms with E-state index in [1.807, 2.05) is 19.1 Å². The van der Waals surface area contributed by atoms with Crippen LogP contribution in [0.15, 0.2) is 16.6 Å². The molecule has 1 aromatic rings. The molecule has 0 aliphatic rings. The molecule has 0 aliphatic heterocycles. The second-order valence-electron chi connectivity index (χ2n) is 3.62. The number of hydrogen-bond donors (Lipinski definition) is 1. The molecule has 1 N–H and O–H groups in total. The molecule has 2 nitrogen and oxygen atoms in total. The maximum absolute atomic E-state index is 6.06. The first-order valence-electron chi connectivity index (χ1n) is 5.42. The van der Waals surface area contributed by atoms with Crippen molar-refractivity contribution in [1.29, 1.82) is 0 Å². The summed E-state index contributed by atoms with van der Waals surface area (Å²) in [5.41, 5.74) is 2.08. The molecule has 0 aliphatic carbocycles. The van der Waals surface area contributed by atoms with E-state index in [9.17, 15) is 0 Å². The van der Waals surface area contributed by atoms with E-state index < -0.39 is 0 Å². The van der Waals surface area contributed by atoms with Gasteiger partial charge in [0.1, 0.15) is 0 Å². The lowest BCUT2D eigenvalue weighted by Gasteiger charge is -2.10. The van der Waals surface area contributed by atoms with E-state index in [4.69, 9.17) is 16.3 Å². The van der Waals surface area contributed by atoms with Gasteiger partial charge in [0, 0.05) is 22.6 Å². The summed E-state index contributed by atoms with van der Waals surface area (Å²) in [5.74, 6) is 0. The molecular formula is C12H17BrClNO. The third kappa shape index (κ3) is 4.32. The molecule has 0 saturated heterocycles. The van der Waals surface area contributed by atoms with Crippen LogP contribution in [0.3, 0.4) is 0 Å². The topological polar surface area (TPSA) is 21.3 Å². The predicted molar refractivity (Wildman–Crippen MR) is 73.5 cm³/mol. The molecule has 90 valence electrons. The Bertz CT molecular complexity index is 344. The number of anilines is 1. The lowest BCUT2D eigenvalue weighted by molar-refractivity contribution is 0.144. The highest BCUT2D eigenvalue weighted by Gasteiger charge is 2.03. The van der Waals surface area contributed by atoms with Crippen LogP contribution in [0.2, 0.25) is 5.02 Å². The van der Waals surface area contributed by atoms with Crippen molar-refractivity contribution in [3.8, 4) is 0 Å². The Balaban J connectivity index is 2.45. The molecule has 0 spiro atoms. The lowest BCUT2D eigenvalue weighted by Crippen LogP contribution is -2.10. The van der Waals surface area contributed by atoms with Crippen molar-refractivity contribution in [2.45, 2.75) is 20.3 Å². The van der Waals surface area contributed by atoms with Crippen LogP contribution < -0.4 is 5.32 Å². The van der Waals surface area contributed by atoms with Crippen molar-refractivity contribution < 1.29 is 4.74 Å². The third-order valence-electron chi connectivity index (χ3n) is 2.16. The highest BCUT2D eigenvalue weighted by molar-refractivity contribution is 9.10. The van der Waals surface area contributed by atoms with Gasteiger partial charge < -0.3 is 10.1 Å². The zero-order valence-corrected chi connectivity index (χ0v) is 12.0. The maximum atomic E-state index is 6.06. The molecule has 16 heavy (non-hydrogen) atoms. The lowest BCUT2D eigenvalue weighted by atomic mass is 10.2. The summed E-state index contributed by atoms with van der Waals surface area (Å²) in [6.07, 6.45) is 1.06. The Labute approximate surface area is 110 Å². The summed E-state index contributed by atoms with van der Waals surface area (Å²) in [4.78, 5) is 0. The molecule has 0 heterocycles. The normalized spacial score (nSPS) is 10.5. The van der Waals surface area contributed by atoms with Gasteiger partial charge in [0.2, 0.25) is 0 Å². The van der Waals surface area contributed by atoms with E-state index in [1.165, 1.54) is 0 Å². The fourth-order valence-electron chi connectivity index (χ4n) is 1.29. The monoisotopic (exact) mass is 305 g/mol. The highest BCUT2D eigenvalue weighted by atomic mass is 79.9. The Morgan fingerprint density at radius 1 is 1.38 bits per heavy atom. The third-order valence-corrected chi connectivity index (χ3v) is 3.22. The van der Waals surface area contributed by atoms with Gasteiger partial charge in [-0.25, -0.2) is 0 Å². The summed E-state index contributed by atoms with van der Waals surface area (Å²) in [6.45, 7) is 6.41. The first-order chi connectivity index (χ1) is 7.65. The standard InChI is InChI=1S/C12H17BrClNO/c1-3-5-16-6-4-15-12-8-11(14)9(2)7-10(12)13/h7-8,15H,3-6H2,1-2H3. The van der Waals surface area contributed by atoms with Gasteiger partial charge in [-0.1, -0.05) is 18.5 Å². The Morgan fingerprint density at radius 2 is 2.12 bits per heavy atom. The fourth-order valence-corrected chi connectivity index (χ4v) is 2.05. The average Bonchev–Trinajstić information content (AvgIpc) is 2.25. The zero-order valence-electron chi connectivity index (χ0n) is 9.65. The van der Waals surface area contributed by atoms with Crippen molar-refractivity contribution in [3.05, 3.63) is 27.2 Å². The molecule has 0 unspecified atom stereocenters. The Kier molecular flexibility index (Phi) is 6.17. The molecule has 0 amide bonds. The zero-order chi connectivity index (χ0) is 12.0. The van der Waals surface area contributed by atoms with Crippen LogP contribution in [0.4, 0.5) is 5.69 Å². The quantitative estimate of drug-likeness (QED) is 0.793. The predicted octanol–water partition coefficient (Wildman–Crippen LogP) is 4.25. The van der Waals surface area contributed by atoms with Gasteiger partial charge in [-0.05, 0) is 47.0 Å². The minimum Gasteiger partial charge on any atom is -0.382 e. The van der Waals surface area contributed by atoms with Gasteiger partial charge in [-0.3, -0.25) is 0 Å². The van der Waals surface area contributed by atoms with Crippen molar-refractivity contribution in [2.24, 2.45) is 0 Å². The number of ether oxygens (including phenoxy) is 1. The van der Waals surface area contributed by atoms with Crippen molar-refractivity contribution in [3.63, 3.8) is 0 Å². The van der Waals surface area contributed by atoms with Gasteiger partial charge in [0.15, 0.2) is 0 Å². The van der Waals surface area contributed by atoms with Crippen LogP contribution in [0.25, 0.3) is 0 Å². The first kappa shape index (κ1) is 13.8.